The van der Waals surface area contributed by atoms with Gasteiger partial charge in [0.2, 0.25) is 0 Å². The van der Waals surface area contributed by atoms with Crippen LogP contribution in [0.25, 0.3) is 32.1 Å². The molecule has 1 saturated heterocycles. The molecule has 30 heavy (non-hydrogen) atoms. The van der Waals surface area contributed by atoms with Crippen LogP contribution in [0.15, 0.2) is 48.7 Å². The molecule has 0 saturated carbocycles. The first kappa shape index (κ1) is 19.5. The van der Waals surface area contributed by atoms with Gasteiger partial charge in [-0.05, 0) is 43.5 Å². The minimum absolute atomic E-state index is 0.0718. The van der Waals surface area contributed by atoms with Gasteiger partial charge in [-0.15, -0.1) is 11.3 Å². The Morgan fingerprint density at radius 3 is 2.83 bits per heavy atom. The molecular weight excluding hydrogens is 416 g/mol. The number of carbonyl (C=O) groups is 1. The lowest BCUT2D eigenvalue weighted by molar-refractivity contribution is 0.0861. The third kappa shape index (κ3) is 3.58. The maximum absolute atomic E-state index is 13.2. The van der Waals surface area contributed by atoms with E-state index in [-0.39, 0.29) is 12.0 Å². The van der Waals surface area contributed by atoms with E-state index in [4.69, 9.17) is 16.3 Å². The third-order valence-corrected chi connectivity index (χ3v) is 7.01. The highest BCUT2D eigenvalue weighted by molar-refractivity contribution is 7.22. The van der Waals surface area contributed by atoms with Crippen molar-refractivity contribution >= 4 is 49.8 Å². The number of rotatable bonds is 4. The van der Waals surface area contributed by atoms with Crippen molar-refractivity contribution in [2.75, 3.05) is 13.2 Å². The molecule has 2 aromatic heterocycles. The van der Waals surface area contributed by atoms with Gasteiger partial charge in [-0.3, -0.25) is 9.78 Å². The summed E-state index contributed by atoms with van der Waals surface area (Å²) in [5.74, 6) is -0.0718. The highest BCUT2D eigenvalue weighted by Crippen LogP contribution is 2.42. The predicted molar refractivity (Wildman–Crippen MR) is 124 cm³/mol. The van der Waals surface area contributed by atoms with E-state index in [1.54, 1.807) is 0 Å². The number of carbonyl (C=O) groups excluding carboxylic acids is 1. The van der Waals surface area contributed by atoms with Crippen LogP contribution in [0.2, 0.25) is 5.02 Å². The molecule has 2 aromatic carbocycles. The Labute approximate surface area is 183 Å². The van der Waals surface area contributed by atoms with Crippen molar-refractivity contribution in [3.05, 3.63) is 64.1 Å². The van der Waals surface area contributed by atoms with Crippen LogP contribution in [-0.2, 0) is 4.74 Å². The first-order chi connectivity index (χ1) is 14.6. The molecule has 0 radical (unpaired) electrons. The summed E-state index contributed by atoms with van der Waals surface area (Å²) in [6, 6.07) is 13.9. The topological polar surface area (TPSA) is 51.2 Å². The van der Waals surface area contributed by atoms with Crippen LogP contribution in [0, 0.1) is 6.92 Å². The van der Waals surface area contributed by atoms with Crippen molar-refractivity contribution in [2.24, 2.45) is 0 Å². The Bertz CT molecular complexity index is 1240. The number of hydrogen-bond acceptors (Lipinski definition) is 4. The number of halogens is 1. The third-order valence-electron chi connectivity index (χ3n) is 5.54. The zero-order valence-electron chi connectivity index (χ0n) is 16.6. The molecule has 4 aromatic rings. The molecule has 0 spiro atoms. The molecule has 152 valence electrons. The number of benzene rings is 2. The van der Waals surface area contributed by atoms with Gasteiger partial charge in [0.25, 0.3) is 5.91 Å². The first-order valence-corrected chi connectivity index (χ1v) is 11.3. The summed E-state index contributed by atoms with van der Waals surface area (Å²) in [5.41, 5.74) is 3.99. The van der Waals surface area contributed by atoms with Gasteiger partial charge < -0.3 is 10.1 Å². The van der Waals surface area contributed by atoms with Crippen LogP contribution >= 0.6 is 22.9 Å². The van der Waals surface area contributed by atoms with Crippen LogP contribution in [0.1, 0.15) is 28.1 Å². The lowest BCUT2D eigenvalue weighted by Gasteiger charge is -2.11. The van der Waals surface area contributed by atoms with Crippen LogP contribution in [-0.4, -0.2) is 30.1 Å². The van der Waals surface area contributed by atoms with Gasteiger partial charge in [0.05, 0.1) is 11.6 Å². The molecule has 5 rings (SSSR count). The highest BCUT2D eigenvalue weighted by Gasteiger charge is 2.23. The van der Waals surface area contributed by atoms with Crippen LogP contribution in [0.5, 0.6) is 0 Å². The Hall–Kier alpha value is -2.47. The summed E-state index contributed by atoms with van der Waals surface area (Å²) in [5, 5.41) is 5.68. The van der Waals surface area contributed by atoms with E-state index in [2.05, 4.69) is 41.5 Å². The lowest BCUT2D eigenvalue weighted by atomic mass is 10.0. The van der Waals surface area contributed by atoms with Crippen molar-refractivity contribution < 1.29 is 9.53 Å². The van der Waals surface area contributed by atoms with Crippen LogP contribution in [0.3, 0.4) is 0 Å². The summed E-state index contributed by atoms with van der Waals surface area (Å²) in [6.07, 6.45) is 4.02. The Balaban J connectivity index is 1.65. The van der Waals surface area contributed by atoms with Crippen molar-refractivity contribution in [1.29, 1.82) is 0 Å². The van der Waals surface area contributed by atoms with Crippen LogP contribution in [0.4, 0.5) is 0 Å². The summed E-state index contributed by atoms with van der Waals surface area (Å²) in [7, 11) is 0. The largest absolute Gasteiger partial charge is 0.376 e. The molecule has 1 aliphatic rings. The molecule has 6 heteroatoms. The van der Waals surface area contributed by atoms with Gasteiger partial charge >= 0.3 is 0 Å². The van der Waals surface area contributed by atoms with Gasteiger partial charge in [0.1, 0.15) is 4.88 Å². The Morgan fingerprint density at radius 1 is 1.23 bits per heavy atom. The van der Waals surface area contributed by atoms with Crippen molar-refractivity contribution in [2.45, 2.75) is 25.9 Å². The Kier molecular flexibility index (Phi) is 5.19. The van der Waals surface area contributed by atoms with Gasteiger partial charge in [0.15, 0.2) is 0 Å². The fraction of sp³-hybridized carbons (Fsp3) is 0.250. The van der Waals surface area contributed by atoms with E-state index in [0.717, 1.165) is 51.6 Å². The van der Waals surface area contributed by atoms with E-state index in [9.17, 15) is 4.79 Å². The number of aryl methyl sites for hydroxylation is 1. The first-order valence-electron chi connectivity index (χ1n) is 10.1. The number of nitrogens with one attached hydrogen (secondary N) is 1. The summed E-state index contributed by atoms with van der Waals surface area (Å²) >= 11 is 7.77. The summed E-state index contributed by atoms with van der Waals surface area (Å²) < 4.78 is 6.69. The zero-order chi connectivity index (χ0) is 20.7. The monoisotopic (exact) mass is 436 g/mol. The maximum Gasteiger partial charge on any atom is 0.262 e. The van der Waals surface area contributed by atoms with Crippen molar-refractivity contribution in [3.8, 4) is 11.1 Å². The van der Waals surface area contributed by atoms with Gasteiger partial charge in [0, 0.05) is 45.4 Å². The molecule has 1 amide bonds. The van der Waals surface area contributed by atoms with E-state index in [0.29, 0.717) is 16.4 Å². The number of aromatic nitrogens is 1. The van der Waals surface area contributed by atoms with Gasteiger partial charge in [-0.2, -0.15) is 0 Å². The highest BCUT2D eigenvalue weighted by atomic mass is 35.5. The molecule has 0 bridgehead atoms. The molecule has 1 unspecified atom stereocenters. The number of ether oxygens (including phenoxy) is 1. The minimum Gasteiger partial charge on any atom is -0.376 e. The standard InChI is InChI=1S/C24H21ClN2O2S/c1-14-4-6-15(7-5-14)21-19-13-26-20-9-8-16(25)11-18(20)22(19)30-23(21)24(28)27-12-17-3-2-10-29-17/h4-9,11,13,17H,2-3,10,12H2,1H3,(H,27,28). The number of hydrogen-bond donors (Lipinski definition) is 1. The minimum atomic E-state index is -0.0718. The SMILES string of the molecule is Cc1ccc(-c2c(C(=O)NCC3CCCO3)sc3c2cnc2ccc(Cl)cc23)cc1. The summed E-state index contributed by atoms with van der Waals surface area (Å²) in [6.45, 7) is 3.36. The summed E-state index contributed by atoms with van der Waals surface area (Å²) in [4.78, 5) is 18.6. The molecule has 1 atom stereocenters. The zero-order valence-corrected chi connectivity index (χ0v) is 18.1. The maximum atomic E-state index is 13.2. The van der Waals surface area contributed by atoms with Gasteiger partial charge in [-0.1, -0.05) is 41.4 Å². The lowest BCUT2D eigenvalue weighted by Crippen LogP contribution is -2.31. The second-order valence-corrected chi connectivity index (χ2v) is 9.14. The second-order valence-electron chi connectivity index (χ2n) is 7.68. The molecule has 3 heterocycles. The quantitative estimate of drug-likeness (QED) is 0.427. The average molecular weight is 437 g/mol. The number of nitrogens with zero attached hydrogens (tertiary/aromatic N) is 1. The van der Waals surface area contributed by atoms with E-state index >= 15 is 0 Å². The fourth-order valence-corrected chi connectivity index (χ4v) is 5.37. The molecule has 1 fully saturated rings. The smallest absolute Gasteiger partial charge is 0.262 e. The van der Waals surface area contributed by atoms with E-state index in [1.807, 2.05) is 24.4 Å². The number of amides is 1. The number of fused-ring (bicyclic) bond motifs is 3. The molecule has 1 N–H and O–H groups in total. The van der Waals surface area contributed by atoms with Gasteiger partial charge in [-0.25, -0.2) is 0 Å². The number of pyridine rings is 1. The predicted octanol–water partition coefficient (Wildman–Crippen LogP) is 5.99. The Morgan fingerprint density at radius 2 is 2.07 bits per heavy atom. The molecule has 0 aliphatic carbocycles. The van der Waals surface area contributed by atoms with Crippen LogP contribution < -0.4 is 5.32 Å². The van der Waals surface area contributed by atoms with E-state index < -0.39 is 0 Å². The van der Waals surface area contributed by atoms with Crippen molar-refractivity contribution in [3.63, 3.8) is 0 Å². The number of thiophene rings is 1. The second kappa shape index (κ2) is 7.99. The molecule has 4 nitrogen and oxygen atoms in total. The normalized spacial score (nSPS) is 16.4. The molecular formula is C24H21ClN2O2S. The van der Waals surface area contributed by atoms with E-state index in [1.165, 1.54) is 16.9 Å². The van der Waals surface area contributed by atoms with Crippen molar-refractivity contribution in [1.82, 2.24) is 10.3 Å². The average Bonchev–Trinajstić information content (AvgIpc) is 3.40. The fourth-order valence-electron chi connectivity index (χ4n) is 3.96. The molecule has 1 aliphatic heterocycles.